The fourth-order valence-electron chi connectivity index (χ4n) is 8.12. The van der Waals surface area contributed by atoms with Crippen LogP contribution in [0.5, 0.6) is 0 Å². The number of aliphatic hydroxyl groups is 1. The number of rotatable bonds is 6. The van der Waals surface area contributed by atoms with Crippen LogP contribution in [0.3, 0.4) is 0 Å². The van der Waals surface area contributed by atoms with E-state index < -0.39 is 21.8 Å². The largest absolute Gasteiger partial charge is 0.396 e. The van der Waals surface area contributed by atoms with Crippen molar-refractivity contribution in [2.24, 2.45) is 17.3 Å². The Morgan fingerprint density at radius 2 is 1.91 bits per heavy atom. The summed E-state index contributed by atoms with van der Waals surface area (Å²) in [6.07, 6.45) is 9.54. The van der Waals surface area contributed by atoms with Gasteiger partial charge in [-0.15, -0.1) is 0 Å². The molecular weight excluding hydrogens is 462 g/mol. The van der Waals surface area contributed by atoms with Crippen molar-refractivity contribution in [2.45, 2.75) is 81.1 Å². The number of carbonyl (C=O) groups is 1. The molecule has 2 fully saturated rings. The summed E-state index contributed by atoms with van der Waals surface area (Å²) in [5.74, 6) is 0.744. The predicted octanol–water partition coefficient (Wildman–Crippen LogP) is 5.11. The summed E-state index contributed by atoms with van der Waals surface area (Å²) in [5, 5.41) is 22.3. The molecule has 4 aliphatic rings. The van der Waals surface area contributed by atoms with E-state index in [-0.39, 0.29) is 35.1 Å². The second-order valence-corrected chi connectivity index (χ2v) is 12.6. The van der Waals surface area contributed by atoms with Gasteiger partial charge in [0.1, 0.15) is 0 Å². The number of nitrogens with zero attached hydrogens (tertiary/aromatic N) is 1. The number of hydrogen-bond acceptors (Lipinski definition) is 5. The minimum absolute atomic E-state index is 0.0192. The van der Waals surface area contributed by atoms with Crippen molar-refractivity contribution < 1.29 is 19.0 Å². The lowest BCUT2D eigenvalue weighted by atomic mass is 9.50. The van der Waals surface area contributed by atoms with Crippen LogP contribution < -0.4 is 0 Å². The second-order valence-electron chi connectivity index (χ2n) is 11.2. The number of carbonyl (C=O) groups excluding carboxylic acids is 1. The molecule has 0 spiro atoms. The van der Waals surface area contributed by atoms with Crippen LogP contribution in [0.2, 0.25) is 0 Å². The number of fused-ring (bicyclic) bond motifs is 4. The van der Waals surface area contributed by atoms with Crippen LogP contribution in [0.15, 0.2) is 52.0 Å². The second kappa shape index (κ2) is 9.07. The van der Waals surface area contributed by atoms with Crippen LogP contribution >= 0.6 is 0 Å². The molecule has 1 N–H and O–H groups in total. The maximum absolute atomic E-state index is 12.7. The third kappa shape index (κ3) is 3.77. The van der Waals surface area contributed by atoms with E-state index in [9.17, 15) is 24.2 Å². The lowest BCUT2D eigenvalue weighted by molar-refractivity contribution is -0.591. The van der Waals surface area contributed by atoms with E-state index in [1.54, 1.807) is 6.26 Å². The van der Waals surface area contributed by atoms with Gasteiger partial charge in [0.2, 0.25) is 5.54 Å². The third-order valence-electron chi connectivity index (χ3n) is 9.77. The molecule has 6 atom stereocenters. The summed E-state index contributed by atoms with van der Waals surface area (Å²) >= 11 is 0. The van der Waals surface area contributed by atoms with Crippen molar-refractivity contribution in [1.29, 1.82) is 0 Å². The summed E-state index contributed by atoms with van der Waals surface area (Å²) in [7, 11) is -1.07. The first-order valence-corrected chi connectivity index (χ1v) is 14.4. The SMILES string of the molecule is CS(=O)c1ccc([C@H]2C[C@@]3(C)C(CCC3(CCCO)[N+](=O)[O-])C3CCC4=CC(=O)CCC4=C32)cc1. The van der Waals surface area contributed by atoms with Gasteiger partial charge in [-0.25, -0.2) is 0 Å². The smallest absolute Gasteiger partial charge is 0.227 e. The lowest BCUT2D eigenvalue weighted by Gasteiger charge is -2.53. The first kappa shape index (κ1) is 24.6. The highest BCUT2D eigenvalue weighted by atomic mass is 32.2. The summed E-state index contributed by atoms with van der Waals surface area (Å²) in [6, 6.07) is 7.95. The molecule has 188 valence electrons. The normalized spacial score (nSPS) is 35.1. The average molecular weight is 498 g/mol. The Kier molecular flexibility index (Phi) is 6.37. The number of ketones is 1. The van der Waals surface area contributed by atoms with Gasteiger partial charge in [-0.2, -0.15) is 0 Å². The van der Waals surface area contributed by atoms with Crippen molar-refractivity contribution in [2.75, 3.05) is 12.9 Å². The summed E-state index contributed by atoms with van der Waals surface area (Å²) in [6.45, 7) is 2.11. The van der Waals surface area contributed by atoms with Gasteiger partial charge in [0, 0.05) is 64.1 Å². The van der Waals surface area contributed by atoms with E-state index >= 15 is 0 Å². The molecule has 0 amide bonds. The van der Waals surface area contributed by atoms with Crippen LogP contribution in [-0.4, -0.2) is 38.4 Å². The van der Waals surface area contributed by atoms with Gasteiger partial charge in [0.25, 0.3) is 0 Å². The van der Waals surface area contributed by atoms with Crippen molar-refractivity contribution in [3.63, 3.8) is 0 Å². The molecule has 2 saturated carbocycles. The van der Waals surface area contributed by atoms with Gasteiger partial charge in [-0.3, -0.25) is 19.1 Å². The number of aliphatic hydroxyl groups excluding tert-OH is 1. The minimum Gasteiger partial charge on any atom is -0.396 e. The number of allylic oxidation sites excluding steroid dienone is 4. The molecule has 35 heavy (non-hydrogen) atoms. The van der Waals surface area contributed by atoms with Crippen LogP contribution in [0, 0.1) is 27.4 Å². The molecule has 4 unspecified atom stereocenters. The van der Waals surface area contributed by atoms with Gasteiger partial charge in [-0.1, -0.05) is 24.6 Å². The number of benzene rings is 1. The molecule has 5 rings (SSSR count). The van der Waals surface area contributed by atoms with Crippen molar-refractivity contribution >= 4 is 16.6 Å². The summed E-state index contributed by atoms with van der Waals surface area (Å²) in [5.41, 5.74) is 3.51. The van der Waals surface area contributed by atoms with E-state index in [2.05, 4.69) is 19.1 Å². The number of nitro groups is 1. The predicted molar refractivity (Wildman–Crippen MR) is 135 cm³/mol. The van der Waals surface area contributed by atoms with Gasteiger partial charge in [0.15, 0.2) is 5.78 Å². The Labute approximate surface area is 209 Å². The van der Waals surface area contributed by atoms with Gasteiger partial charge < -0.3 is 5.11 Å². The molecule has 6 nitrogen and oxygen atoms in total. The van der Waals surface area contributed by atoms with E-state index in [0.717, 1.165) is 36.1 Å². The first-order chi connectivity index (χ1) is 16.7. The van der Waals surface area contributed by atoms with Crippen molar-refractivity contribution in [3.05, 3.63) is 62.7 Å². The molecule has 1 aromatic rings. The Morgan fingerprint density at radius 1 is 1.17 bits per heavy atom. The van der Waals surface area contributed by atoms with Crippen LogP contribution in [-0.2, 0) is 15.6 Å². The molecular formula is C28H35NO5S. The van der Waals surface area contributed by atoms with Crippen molar-refractivity contribution in [3.8, 4) is 0 Å². The molecule has 4 aliphatic carbocycles. The molecule has 7 heteroatoms. The molecule has 0 radical (unpaired) electrons. The highest BCUT2D eigenvalue weighted by Gasteiger charge is 2.69. The zero-order valence-corrected chi connectivity index (χ0v) is 21.4. The average Bonchev–Trinajstić information content (AvgIpc) is 3.14. The van der Waals surface area contributed by atoms with E-state index in [0.29, 0.717) is 32.1 Å². The Hall–Kier alpha value is -2.12. The minimum atomic E-state index is -1.07. The zero-order valence-electron chi connectivity index (χ0n) is 20.6. The maximum Gasteiger partial charge on any atom is 0.227 e. The Bertz CT molecular complexity index is 1140. The van der Waals surface area contributed by atoms with Crippen molar-refractivity contribution in [1.82, 2.24) is 0 Å². The van der Waals surface area contributed by atoms with Crippen LogP contribution in [0.4, 0.5) is 0 Å². The third-order valence-corrected chi connectivity index (χ3v) is 10.7. The first-order valence-electron chi connectivity index (χ1n) is 12.9. The fraction of sp³-hybridized carbons (Fsp3) is 0.607. The fourth-order valence-corrected chi connectivity index (χ4v) is 8.64. The molecule has 0 saturated heterocycles. The standard InChI is InChI=1S/C28H35NO5S/c1-27-17-24(18-4-8-21(9-5-18)35(2)34)26-22-11-7-20(31)16-19(22)6-10-23(26)25(27)12-14-28(27,29(32)33)13-3-15-30/h4-5,8-9,16,23-25,30H,3,6-7,10-15,17H2,1-2H3/t23?,24-,25?,27+,28?,35?/m1/s1. The molecule has 0 aliphatic heterocycles. The van der Waals surface area contributed by atoms with E-state index in [4.69, 9.17) is 0 Å². The Morgan fingerprint density at radius 3 is 2.57 bits per heavy atom. The molecule has 0 bridgehead atoms. The lowest BCUT2D eigenvalue weighted by Crippen LogP contribution is -2.55. The number of hydrogen-bond donors (Lipinski definition) is 1. The van der Waals surface area contributed by atoms with Gasteiger partial charge >= 0.3 is 0 Å². The van der Waals surface area contributed by atoms with E-state index in [1.807, 2.05) is 18.2 Å². The van der Waals surface area contributed by atoms with Gasteiger partial charge in [0.05, 0.1) is 0 Å². The highest BCUT2D eigenvalue weighted by molar-refractivity contribution is 7.84. The Balaban J connectivity index is 1.67. The molecule has 0 aromatic heterocycles. The zero-order chi connectivity index (χ0) is 25.0. The summed E-state index contributed by atoms with van der Waals surface area (Å²) in [4.78, 5) is 25.7. The van der Waals surface area contributed by atoms with Crippen LogP contribution in [0.25, 0.3) is 0 Å². The highest BCUT2D eigenvalue weighted by Crippen LogP contribution is 2.68. The maximum atomic E-state index is 12.7. The quantitative estimate of drug-likeness (QED) is 0.435. The molecule has 0 heterocycles. The van der Waals surface area contributed by atoms with Gasteiger partial charge in [-0.05, 0) is 85.3 Å². The van der Waals surface area contributed by atoms with E-state index in [1.165, 1.54) is 16.7 Å². The van der Waals surface area contributed by atoms with Crippen LogP contribution in [0.1, 0.15) is 76.2 Å². The summed E-state index contributed by atoms with van der Waals surface area (Å²) < 4.78 is 12.0. The molecule has 1 aromatic carbocycles. The monoisotopic (exact) mass is 497 g/mol. The topological polar surface area (TPSA) is 97.5 Å².